The summed E-state index contributed by atoms with van der Waals surface area (Å²) >= 11 is 1.69. The lowest BCUT2D eigenvalue weighted by Crippen LogP contribution is -2.46. The topological polar surface area (TPSA) is 75.4 Å². The van der Waals surface area contributed by atoms with Crippen LogP contribution in [0.1, 0.15) is 37.8 Å². The smallest absolute Gasteiger partial charge is 0.325 e. The number of carbonyl (C=O) groups is 2. The van der Waals surface area contributed by atoms with E-state index >= 15 is 0 Å². The van der Waals surface area contributed by atoms with Gasteiger partial charge in [0.25, 0.3) is 5.91 Å². The fourth-order valence-electron chi connectivity index (χ4n) is 2.45. The number of hydrogen-bond donors (Lipinski definition) is 1. The van der Waals surface area contributed by atoms with Crippen LogP contribution in [0, 0.1) is 0 Å². The molecule has 2 aliphatic rings. The molecule has 108 valence electrons. The summed E-state index contributed by atoms with van der Waals surface area (Å²) in [6, 6.07) is -0.346. The summed E-state index contributed by atoms with van der Waals surface area (Å²) in [5.41, 5.74) is -0.699. The second-order valence-electron chi connectivity index (χ2n) is 5.52. The molecule has 7 heteroatoms. The maximum absolute atomic E-state index is 12.4. The number of aromatic nitrogens is 1. The number of hydrogen-bond acceptors (Lipinski definition) is 5. The van der Waals surface area contributed by atoms with Gasteiger partial charge in [-0.25, -0.2) is 9.78 Å². The molecular formula is C13H17N3O3S. The Kier molecular flexibility index (Phi) is 3.24. The summed E-state index contributed by atoms with van der Waals surface area (Å²) in [7, 11) is 0. The van der Waals surface area contributed by atoms with Crippen LogP contribution in [0.2, 0.25) is 0 Å². The van der Waals surface area contributed by atoms with E-state index in [4.69, 9.17) is 4.42 Å². The number of rotatable bonds is 3. The van der Waals surface area contributed by atoms with E-state index in [1.54, 1.807) is 18.0 Å². The van der Waals surface area contributed by atoms with Crippen molar-refractivity contribution in [2.24, 2.45) is 0 Å². The van der Waals surface area contributed by atoms with Crippen LogP contribution >= 0.6 is 11.8 Å². The van der Waals surface area contributed by atoms with Crippen molar-refractivity contribution in [2.75, 3.05) is 11.5 Å². The molecule has 3 heterocycles. The van der Waals surface area contributed by atoms with E-state index in [9.17, 15) is 9.59 Å². The zero-order chi connectivity index (χ0) is 14.3. The summed E-state index contributed by atoms with van der Waals surface area (Å²) in [6.07, 6.45) is 2.35. The van der Waals surface area contributed by atoms with Crippen LogP contribution in [0.25, 0.3) is 0 Å². The Morgan fingerprint density at radius 1 is 1.55 bits per heavy atom. The van der Waals surface area contributed by atoms with Gasteiger partial charge in [0.15, 0.2) is 0 Å². The molecule has 1 spiro atoms. The number of nitrogens with zero attached hydrogens (tertiary/aromatic N) is 2. The van der Waals surface area contributed by atoms with Crippen LogP contribution in [-0.4, -0.2) is 38.9 Å². The molecule has 3 rings (SSSR count). The second kappa shape index (κ2) is 4.80. The predicted molar refractivity (Wildman–Crippen MR) is 74.3 cm³/mol. The van der Waals surface area contributed by atoms with E-state index in [0.29, 0.717) is 18.1 Å². The summed E-state index contributed by atoms with van der Waals surface area (Å²) in [6.45, 7) is 4.11. The Morgan fingerprint density at radius 2 is 2.35 bits per heavy atom. The fraction of sp³-hybridized carbons (Fsp3) is 0.615. The summed E-state index contributed by atoms with van der Waals surface area (Å²) < 4.78 is 5.56. The molecule has 1 aromatic rings. The highest BCUT2D eigenvalue weighted by atomic mass is 32.2. The zero-order valence-electron chi connectivity index (χ0n) is 11.5. The quantitative estimate of drug-likeness (QED) is 0.859. The largest absolute Gasteiger partial charge is 0.443 e. The van der Waals surface area contributed by atoms with Crippen LogP contribution in [0.4, 0.5) is 4.79 Å². The molecule has 0 unspecified atom stereocenters. The highest BCUT2D eigenvalue weighted by Crippen LogP contribution is 2.34. The minimum Gasteiger partial charge on any atom is -0.443 e. The Labute approximate surface area is 121 Å². The van der Waals surface area contributed by atoms with E-state index in [1.165, 1.54) is 4.90 Å². The van der Waals surface area contributed by atoms with Gasteiger partial charge in [0.2, 0.25) is 5.89 Å². The first-order valence-corrected chi connectivity index (χ1v) is 7.84. The van der Waals surface area contributed by atoms with E-state index in [0.717, 1.165) is 11.5 Å². The normalized spacial score (nSPS) is 26.1. The van der Waals surface area contributed by atoms with Gasteiger partial charge < -0.3 is 9.73 Å². The molecule has 0 bridgehead atoms. The molecule has 3 amide bonds. The van der Waals surface area contributed by atoms with Gasteiger partial charge in [-0.2, -0.15) is 11.8 Å². The average molecular weight is 295 g/mol. The SMILES string of the molecule is CC(C)c1cnc(CN2C(=O)N[C@]3(CCSC3)C2=O)o1. The maximum Gasteiger partial charge on any atom is 0.325 e. The number of urea groups is 1. The molecular weight excluding hydrogens is 278 g/mol. The van der Waals surface area contributed by atoms with Crippen LogP contribution in [0.3, 0.4) is 0 Å². The number of amides is 3. The molecule has 2 saturated heterocycles. The van der Waals surface area contributed by atoms with Crippen molar-refractivity contribution in [1.29, 1.82) is 0 Å². The highest BCUT2D eigenvalue weighted by molar-refractivity contribution is 7.99. The van der Waals surface area contributed by atoms with Crippen molar-refractivity contribution in [1.82, 2.24) is 15.2 Å². The van der Waals surface area contributed by atoms with Crippen LogP contribution < -0.4 is 5.32 Å². The fourth-order valence-corrected chi connectivity index (χ4v) is 3.78. The van der Waals surface area contributed by atoms with Crippen molar-refractivity contribution in [2.45, 2.75) is 38.3 Å². The predicted octanol–water partition coefficient (Wildman–Crippen LogP) is 1.73. The Morgan fingerprint density at radius 3 is 2.95 bits per heavy atom. The van der Waals surface area contributed by atoms with Gasteiger partial charge in [0.1, 0.15) is 17.8 Å². The molecule has 20 heavy (non-hydrogen) atoms. The lowest BCUT2D eigenvalue weighted by molar-refractivity contribution is -0.131. The van der Waals surface area contributed by atoms with E-state index in [2.05, 4.69) is 10.3 Å². The van der Waals surface area contributed by atoms with Gasteiger partial charge >= 0.3 is 6.03 Å². The number of imide groups is 1. The summed E-state index contributed by atoms with van der Waals surface area (Å²) in [4.78, 5) is 29.8. The third-order valence-corrected chi connectivity index (χ3v) is 4.89. The molecule has 2 fully saturated rings. The first-order valence-electron chi connectivity index (χ1n) is 6.68. The first-order chi connectivity index (χ1) is 9.52. The van der Waals surface area contributed by atoms with Crippen LogP contribution in [0.5, 0.6) is 0 Å². The third-order valence-electron chi connectivity index (χ3n) is 3.70. The van der Waals surface area contributed by atoms with Crippen molar-refractivity contribution < 1.29 is 14.0 Å². The minimum absolute atomic E-state index is 0.101. The molecule has 0 aromatic carbocycles. The molecule has 0 radical (unpaired) electrons. The van der Waals surface area contributed by atoms with Crippen LogP contribution in [-0.2, 0) is 11.3 Å². The lowest BCUT2D eigenvalue weighted by atomic mass is 9.99. The van der Waals surface area contributed by atoms with Gasteiger partial charge in [0.05, 0.1) is 6.20 Å². The Balaban J connectivity index is 1.76. The zero-order valence-corrected chi connectivity index (χ0v) is 12.3. The summed E-state index contributed by atoms with van der Waals surface area (Å²) in [5, 5.41) is 2.83. The van der Waals surface area contributed by atoms with Gasteiger partial charge in [0, 0.05) is 11.7 Å². The van der Waals surface area contributed by atoms with E-state index in [-0.39, 0.29) is 24.4 Å². The molecule has 6 nitrogen and oxygen atoms in total. The minimum atomic E-state index is -0.699. The summed E-state index contributed by atoms with van der Waals surface area (Å²) in [5.74, 6) is 2.79. The molecule has 1 atom stereocenters. The average Bonchev–Trinajstić information content (AvgIpc) is 3.08. The molecule has 0 saturated carbocycles. The Hall–Kier alpha value is -1.50. The highest BCUT2D eigenvalue weighted by Gasteiger charge is 2.53. The van der Waals surface area contributed by atoms with Gasteiger partial charge in [-0.05, 0) is 12.2 Å². The second-order valence-corrected chi connectivity index (χ2v) is 6.62. The maximum atomic E-state index is 12.4. The molecule has 1 N–H and O–H groups in total. The van der Waals surface area contributed by atoms with Crippen molar-refractivity contribution in [3.8, 4) is 0 Å². The monoisotopic (exact) mass is 295 g/mol. The number of thioether (sulfide) groups is 1. The van der Waals surface area contributed by atoms with Crippen molar-refractivity contribution in [3.05, 3.63) is 17.8 Å². The molecule has 0 aliphatic carbocycles. The van der Waals surface area contributed by atoms with E-state index in [1.807, 2.05) is 13.8 Å². The van der Waals surface area contributed by atoms with Gasteiger partial charge in [-0.3, -0.25) is 9.69 Å². The number of carbonyl (C=O) groups excluding carboxylic acids is 2. The first kappa shape index (κ1) is 13.5. The van der Waals surface area contributed by atoms with Gasteiger partial charge in [-0.15, -0.1) is 0 Å². The lowest BCUT2D eigenvalue weighted by Gasteiger charge is -2.18. The number of nitrogens with one attached hydrogen (secondary N) is 1. The number of oxazole rings is 1. The van der Waals surface area contributed by atoms with Crippen molar-refractivity contribution >= 4 is 23.7 Å². The van der Waals surface area contributed by atoms with Gasteiger partial charge in [-0.1, -0.05) is 13.8 Å². The van der Waals surface area contributed by atoms with Crippen LogP contribution in [0.15, 0.2) is 10.6 Å². The Bertz CT molecular complexity index is 549. The molecule has 1 aromatic heterocycles. The van der Waals surface area contributed by atoms with E-state index < -0.39 is 5.54 Å². The molecule has 2 aliphatic heterocycles. The van der Waals surface area contributed by atoms with Crippen molar-refractivity contribution in [3.63, 3.8) is 0 Å². The third kappa shape index (κ3) is 2.09. The standard InChI is InChI=1S/C13H17N3O3S/c1-8(2)9-5-14-10(19-9)6-16-11(17)13(15-12(16)18)3-4-20-7-13/h5,8H,3-4,6-7H2,1-2H3,(H,15,18)/t13-/m0/s1.